The molecular formula is C20H22N4O4. The van der Waals surface area contributed by atoms with Crippen molar-refractivity contribution in [1.82, 2.24) is 14.8 Å². The van der Waals surface area contributed by atoms with Crippen LogP contribution in [0, 0.1) is 6.92 Å². The first kappa shape index (κ1) is 19.3. The van der Waals surface area contributed by atoms with Gasteiger partial charge in [0.05, 0.1) is 23.2 Å². The number of pyridine rings is 1. The average molecular weight is 382 g/mol. The molecule has 0 aliphatic rings. The molecule has 2 heterocycles. The highest BCUT2D eigenvalue weighted by Gasteiger charge is 2.17. The van der Waals surface area contributed by atoms with Crippen LogP contribution >= 0.6 is 0 Å². The second-order valence-electron chi connectivity index (χ2n) is 6.56. The van der Waals surface area contributed by atoms with Gasteiger partial charge in [0, 0.05) is 11.4 Å². The Morgan fingerprint density at radius 3 is 2.64 bits per heavy atom. The van der Waals surface area contributed by atoms with E-state index in [1.165, 1.54) is 0 Å². The molecule has 0 fully saturated rings. The number of carboxylic acid groups (broad SMARTS) is 1. The fourth-order valence-corrected chi connectivity index (χ4v) is 2.80. The highest BCUT2D eigenvalue weighted by molar-refractivity contribution is 6.12. The van der Waals surface area contributed by atoms with Crippen LogP contribution in [0.1, 0.15) is 42.4 Å². The number of carbonyl (C=O) groups is 2. The molecule has 2 aromatic heterocycles. The van der Waals surface area contributed by atoms with Crippen LogP contribution in [0.15, 0.2) is 36.5 Å². The number of aryl methyl sites for hydroxylation is 1. The van der Waals surface area contributed by atoms with Crippen molar-refractivity contribution in [2.75, 3.05) is 11.9 Å². The molecule has 1 amide bonds. The van der Waals surface area contributed by atoms with E-state index in [-0.39, 0.29) is 11.9 Å². The van der Waals surface area contributed by atoms with Gasteiger partial charge in [0.1, 0.15) is 5.75 Å². The summed E-state index contributed by atoms with van der Waals surface area (Å²) >= 11 is 0. The minimum absolute atomic E-state index is 0.182. The number of aliphatic carboxylic acids is 1. The first-order valence-electron chi connectivity index (χ1n) is 9.00. The number of fused-ring (bicyclic) bond motifs is 1. The minimum atomic E-state index is -1.05. The number of rotatable bonds is 7. The fraction of sp³-hybridized carbons (Fsp3) is 0.300. The van der Waals surface area contributed by atoms with E-state index in [1.807, 2.05) is 11.6 Å². The van der Waals surface area contributed by atoms with Crippen molar-refractivity contribution in [2.24, 2.45) is 0 Å². The van der Waals surface area contributed by atoms with Gasteiger partial charge in [-0.2, -0.15) is 5.10 Å². The van der Waals surface area contributed by atoms with E-state index in [2.05, 4.69) is 29.2 Å². The number of hydrogen-bond acceptors (Lipinski definition) is 5. The number of benzene rings is 1. The molecule has 28 heavy (non-hydrogen) atoms. The Labute approximate surface area is 162 Å². The molecule has 0 radical (unpaired) electrons. The number of ether oxygens (including phenoxy) is 1. The fourth-order valence-electron chi connectivity index (χ4n) is 2.80. The smallest absolute Gasteiger partial charge is 0.341 e. The third-order valence-electron chi connectivity index (χ3n) is 4.42. The van der Waals surface area contributed by atoms with E-state index in [0.717, 1.165) is 12.1 Å². The molecular weight excluding hydrogens is 360 g/mol. The summed E-state index contributed by atoms with van der Waals surface area (Å²) in [6, 6.07) is 8.44. The van der Waals surface area contributed by atoms with Crippen LogP contribution in [-0.2, 0) is 4.79 Å². The standard InChI is InChI=1S/C20H22N4O4/c1-4-13(3)24-19-17(10-21-24)16(9-12(2)22-19)20(27)23-14-5-7-15(8-6-14)28-11-18(25)26/h5-10,13H,4,11H2,1-3H3,(H,23,27)(H,25,26). The van der Waals surface area contributed by atoms with E-state index in [1.54, 1.807) is 36.5 Å². The van der Waals surface area contributed by atoms with Crippen LogP contribution in [0.25, 0.3) is 11.0 Å². The molecule has 146 valence electrons. The number of anilines is 1. The summed E-state index contributed by atoms with van der Waals surface area (Å²) in [5.74, 6) is -0.900. The van der Waals surface area contributed by atoms with Crippen molar-refractivity contribution >= 4 is 28.6 Å². The number of amides is 1. The van der Waals surface area contributed by atoms with Gasteiger partial charge in [-0.1, -0.05) is 6.92 Å². The summed E-state index contributed by atoms with van der Waals surface area (Å²) in [5.41, 5.74) is 2.50. The summed E-state index contributed by atoms with van der Waals surface area (Å²) in [6.07, 6.45) is 2.58. The van der Waals surface area contributed by atoms with E-state index < -0.39 is 12.6 Å². The third-order valence-corrected chi connectivity index (χ3v) is 4.42. The maximum absolute atomic E-state index is 12.8. The quantitative estimate of drug-likeness (QED) is 0.648. The van der Waals surface area contributed by atoms with Crippen molar-refractivity contribution in [3.8, 4) is 5.75 Å². The van der Waals surface area contributed by atoms with Crippen LogP contribution in [0.4, 0.5) is 5.69 Å². The molecule has 0 saturated heterocycles. The highest BCUT2D eigenvalue weighted by atomic mass is 16.5. The molecule has 1 unspecified atom stereocenters. The first-order chi connectivity index (χ1) is 13.4. The van der Waals surface area contributed by atoms with E-state index in [0.29, 0.717) is 28.0 Å². The molecule has 0 aliphatic heterocycles. The van der Waals surface area contributed by atoms with Gasteiger partial charge in [-0.25, -0.2) is 14.5 Å². The topological polar surface area (TPSA) is 106 Å². The summed E-state index contributed by atoms with van der Waals surface area (Å²) < 4.78 is 6.93. The number of nitrogens with zero attached hydrogens (tertiary/aromatic N) is 3. The Morgan fingerprint density at radius 2 is 2.00 bits per heavy atom. The zero-order valence-corrected chi connectivity index (χ0v) is 16.0. The monoisotopic (exact) mass is 382 g/mol. The van der Waals surface area contributed by atoms with Gasteiger partial charge in [0.2, 0.25) is 0 Å². The molecule has 1 aromatic carbocycles. The third kappa shape index (κ3) is 4.11. The average Bonchev–Trinajstić information content (AvgIpc) is 3.09. The van der Waals surface area contributed by atoms with Crippen molar-refractivity contribution < 1.29 is 19.4 Å². The Hall–Kier alpha value is -3.42. The molecule has 0 bridgehead atoms. The maximum Gasteiger partial charge on any atom is 0.341 e. The first-order valence-corrected chi connectivity index (χ1v) is 9.00. The second-order valence-corrected chi connectivity index (χ2v) is 6.56. The van der Waals surface area contributed by atoms with Crippen LogP contribution in [0.3, 0.4) is 0 Å². The highest BCUT2D eigenvalue weighted by Crippen LogP contribution is 2.24. The second kappa shape index (κ2) is 8.08. The van der Waals surface area contributed by atoms with Crippen molar-refractivity contribution in [3.05, 3.63) is 47.8 Å². The molecule has 8 heteroatoms. The van der Waals surface area contributed by atoms with Gasteiger partial charge in [-0.05, 0) is 50.6 Å². The van der Waals surface area contributed by atoms with Gasteiger partial charge in [-0.15, -0.1) is 0 Å². The summed E-state index contributed by atoms with van der Waals surface area (Å²) in [4.78, 5) is 27.9. The Morgan fingerprint density at radius 1 is 1.29 bits per heavy atom. The summed E-state index contributed by atoms with van der Waals surface area (Å²) in [5, 5.41) is 16.6. The van der Waals surface area contributed by atoms with Gasteiger partial charge in [-0.3, -0.25) is 4.79 Å². The van der Waals surface area contributed by atoms with E-state index >= 15 is 0 Å². The SMILES string of the molecule is CCC(C)n1ncc2c(C(=O)Nc3ccc(OCC(=O)O)cc3)cc(C)nc21. The van der Waals surface area contributed by atoms with Gasteiger partial charge in [0.15, 0.2) is 12.3 Å². The predicted molar refractivity (Wildman–Crippen MR) is 105 cm³/mol. The lowest BCUT2D eigenvalue weighted by atomic mass is 10.1. The van der Waals surface area contributed by atoms with Crippen LogP contribution in [0.5, 0.6) is 5.75 Å². The van der Waals surface area contributed by atoms with Gasteiger partial charge in [0.25, 0.3) is 5.91 Å². The molecule has 0 aliphatic carbocycles. The van der Waals surface area contributed by atoms with Crippen molar-refractivity contribution in [2.45, 2.75) is 33.2 Å². The summed E-state index contributed by atoms with van der Waals surface area (Å²) in [6.45, 7) is 5.56. The molecule has 2 N–H and O–H groups in total. The number of aromatic nitrogens is 3. The van der Waals surface area contributed by atoms with E-state index in [4.69, 9.17) is 9.84 Å². The zero-order chi connectivity index (χ0) is 20.3. The normalized spacial score (nSPS) is 12.0. The minimum Gasteiger partial charge on any atom is -0.482 e. The van der Waals surface area contributed by atoms with Crippen LogP contribution in [0.2, 0.25) is 0 Å². The van der Waals surface area contributed by atoms with Crippen LogP contribution in [-0.4, -0.2) is 38.4 Å². The Bertz CT molecular complexity index is 1010. The van der Waals surface area contributed by atoms with E-state index in [9.17, 15) is 9.59 Å². The lowest BCUT2D eigenvalue weighted by Crippen LogP contribution is -2.14. The largest absolute Gasteiger partial charge is 0.482 e. The lowest BCUT2D eigenvalue weighted by Gasteiger charge is -2.11. The molecule has 3 aromatic rings. The van der Waals surface area contributed by atoms with Crippen molar-refractivity contribution in [1.29, 1.82) is 0 Å². The molecule has 8 nitrogen and oxygen atoms in total. The molecule has 0 saturated carbocycles. The predicted octanol–water partition coefficient (Wildman–Crippen LogP) is 3.43. The zero-order valence-electron chi connectivity index (χ0n) is 16.0. The Balaban J connectivity index is 1.83. The molecule has 0 spiro atoms. The number of hydrogen-bond donors (Lipinski definition) is 2. The molecule has 1 atom stereocenters. The van der Waals surface area contributed by atoms with Crippen LogP contribution < -0.4 is 10.1 Å². The number of nitrogens with one attached hydrogen (secondary N) is 1. The number of carbonyl (C=O) groups excluding carboxylic acids is 1. The van der Waals surface area contributed by atoms with Gasteiger partial charge < -0.3 is 15.2 Å². The summed E-state index contributed by atoms with van der Waals surface area (Å²) in [7, 11) is 0. The van der Waals surface area contributed by atoms with Gasteiger partial charge >= 0.3 is 5.97 Å². The van der Waals surface area contributed by atoms with Crippen molar-refractivity contribution in [3.63, 3.8) is 0 Å². The Kier molecular flexibility index (Phi) is 5.58. The molecule has 3 rings (SSSR count). The number of carboxylic acids is 1. The maximum atomic E-state index is 12.8. The lowest BCUT2D eigenvalue weighted by molar-refractivity contribution is -0.139.